The van der Waals surface area contributed by atoms with E-state index in [9.17, 15) is 9.59 Å². The molecule has 1 unspecified atom stereocenters. The summed E-state index contributed by atoms with van der Waals surface area (Å²) in [6.07, 6.45) is 0.221. The van der Waals surface area contributed by atoms with Crippen molar-refractivity contribution in [3.63, 3.8) is 0 Å². The molecular weight excluding hydrogens is 366 g/mol. The fraction of sp³-hybridized carbons (Fsp3) is 0.391. The van der Waals surface area contributed by atoms with Crippen LogP contribution < -0.4 is 19.9 Å². The van der Waals surface area contributed by atoms with Crippen molar-refractivity contribution in [1.29, 1.82) is 0 Å². The largest absolute Gasteiger partial charge is 0.497 e. The van der Waals surface area contributed by atoms with Gasteiger partial charge in [0, 0.05) is 43.1 Å². The van der Waals surface area contributed by atoms with Gasteiger partial charge in [0.25, 0.3) is 0 Å². The molecule has 2 aromatic carbocycles. The lowest BCUT2D eigenvalue weighted by Crippen LogP contribution is -2.29. The lowest BCUT2D eigenvalue weighted by molar-refractivity contribution is -0.122. The Labute approximate surface area is 172 Å². The van der Waals surface area contributed by atoms with Gasteiger partial charge >= 0.3 is 0 Å². The van der Waals surface area contributed by atoms with Crippen molar-refractivity contribution < 1.29 is 14.3 Å². The van der Waals surface area contributed by atoms with Crippen molar-refractivity contribution in [1.82, 2.24) is 0 Å². The van der Waals surface area contributed by atoms with Crippen LogP contribution in [0.5, 0.6) is 5.75 Å². The average Bonchev–Trinajstić information content (AvgIpc) is 3.11. The Morgan fingerprint density at radius 2 is 1.86 bits per heavy atom. The van der Waals surface area contributed by atoms with E-state index < -0.39 is 0 Å². The van der Waals surface area contributed by atoms with E-state index in [2.05, 4.69) is 30.1 Å². The summed E-state index contributed by atoms with van der Waals surface area (Å²) < 4.78 is 5.13. The predicted molar refractivity (Wildman–Crippen MR) is 117 cm³/mol. The van der Waals surface area contributed by atoms with Crippen LogP contribution in [-0.2, 0) is 9.59 Å². The SMILES string of the molecule is CCN(CC)c1ccc(N2CC(C(=O)Nc3ccc(OC)cc3)CC2=O)c(C)c1. The molecule has 0 saturated carbocycles. The first-order valence-corrected chi connectivity index (χ1v) is 10.1. The Bertz CT molecular complexity index is 875. The van der Waals surface area contributed by atoms with Gasteiger partial charge in [-0.15, -0.1) is 0 Å². The minimum absolute atomic E-state index is 0.0152. The van der Waals surface area contributed by atoms with Crippen molar-refractivity contribution in [2.24, 2.45) is 5.92 Å². The van der Waals surface area contributed by atoms with Gasteiger partial charge in [-0.3, -0.25) is 9.59 Å². The Morgan fingerprint density at radius 1 is 1.17 bits per heavy atom. The molecule has 0 aliphatic carbocycles. The van der Waals surface area contributed by atoms with Crippen LogP contribution in [0.2, 0.25) is 0 Å². The molecule has 1 aliphatic heterocycles. The van der Waals surface area contributed by atoms with Gasteiger partial charge in [0.2, 0.25) is 11.8 Å². The quantitative estimate of drug-likeness (QED) is 0.774. The molecule has 1 fully saturated rings. The molecule has 1 saturated heterocycles. The lowest BCUT2D eigenvalue weighted by Gasteiger charge is -2.24. The highest BCUT2D eigenvalue weighted by Gasteiger charge is 2.35. The van der Waals surface area contributed by atoms with Crippen LogP contribution in [-0.4, -0.2) is 38.6 Å². The van der Waals surface area contributed by atoms with Crippen LogP contribution in [0.25, 0.3) is 0 Å². The fourth-order valence-electron chi connectivity index (χ4n) is 3.76. The van der Waals surface area contributed by atoms with Gasteiger partial charge in [-0.25, -0.2) is 0 Å². The molecule has 1 atom stereocenters. The van der Waals surface area contributed by atoms with Crippen molar-refractivity contribution in [2.75, 3.05) is 41.9 Å². The average molecular weight is 396 g/mol. The fourth-order valence-corrected chi connectivity index (χ4v) is 3.76. The van der Waals surface area contributed by atoms with Gasteiger partial charge in [-0.1, -0.05) is 0 Å². The molecule has 6 nitrogen and oxygen atoms in total. The highest BCUT2D eigenvalue weighted by atomic mass is 16.5. The van der Waals surface area contributed by atoms with Crippen LogP contribution >= 0.6 is 0 Å². The first-order valence-electron chi connectivity index (χ1n) is 10.1. The molecule has 0 spiro atoms. The summed E-state index contributed by atoms with van der Waals surface area (Å²) in [5.74, 6) is 0.210. The first kappa shape index (κ1) is 20.7. The molecule has 2 amide bonds. The highest BCUT2D eigenvalue weighted by molar-refractivity contribution is 6.04. The molecule has 29 heavy (non-hydrogen) atoms. The third-order valence-corrected chi connectivity index (χ3v) is 5.45. The number of carbonyl (C=O) groups is 2. The van der Waals surface area contributed by atoms with E-state index in [1.807, 2.05) is 19.1 Å². The Hall–Kier alpha value is -3.02. The van der Waals surface area contributed by atoms with Crippen molar-refractivity contribution in [3.8, 4) is 5.75 Å². The Morgan fingerprint density at radius 3 is 2.45 bits per heavy atom. The number of aryl methyl sites for hydroxylation is 1. The number of amides is 2. The third kappa shape index (κ3) is 4.53. The zero-order valence-electron chi connectivity index (χ0n) is 17.6. The predicted octanol–water partition coefficient (Wildman–Crippen LogP) is 3.84. The summed E-state index contributed by atoms with van der Waals surface area (Å²) in [5, 5.41) is 2.90. The second-order valence-corrected chi connectivity index (χ2v) is 7.27. The summed E-state index contributed by atoms with van der Waals surface area (Å²) in [5.41, 5.74) is 3.77. The first-order chi connectivity index (χ1) is 14.0. The second kappa shape index (κ2) is 8.99. The van der Waals surface area contributed by atoms with Crippen LogP contribution in [0.4, 0.5) is 17.1 Å². The number of carbonyl (C=O) groups excluding carboxylic acids is 2. The Balaban J connectivity index is 1.70. The summed E-state index contributed by atoms with van der Waals surface area (Å²) in [6, 6.07) is 13.3. The number of anilines is 3. The van der Waals surface area contributed by atoms with Gasteiger partial charge in [0.1, 0.15) is 5.75 Å². The second-order valence-electron chi connectivity index (χ2n) is 7.27. The van der Waals surface area contributed by atoms with Gasteiger partial charge in [0.05, 0.1) is 13.0 Å². The number of ether oxygens (including phenoxy) is 1. The molecule has 0 bridgehead atoms. The molecule has 154 valence electrons. The van der Waals surface area contributed by atoms with E-state index in [1.54, 1.807) is 36.3 Å². The molecule has 6 heteroatoms. The number of nitrogens with one attached hydrogen (secondary N) is 1. The van der Waals surface area contributed by atoms with Crippen LogP contribution in [0.1, 0.15) is 25.8 Å². The van der Waals surface area contributed by atoms with Crippen molar-refractivity contribution >= 4 is 28.9 Å². The van der Waals surface area contributed by atoms with Gasteiger partial charge in [-0.05, 0) is 68.8 Å². The smallest absolute Gasteiger partial charge is 0.229 e. The zero-order chi connectivity index (χ0) is 21.0. The van der Waals surface area contributed by atoms with E-state index >= 15 is 0 Å². The summed E-state index contributed by atoms with van der Waals surface area (Å²) in [6.45, 7) is 8.54. The van der Waals surface area contributed by atoms with Gasteiger partial charge < -0.3 is 19.9 Å². The monoisotopic (exact) mass is 395 g/mol. The zero-order valence-corrected chi connectivity index (χ0v) is 17.6. The molecule has 1 N–H and O–H groups in total. The normalized spacial score (nSPS) is 16.1. The summed E-state index contributed by atoms with van der Waals surface area (Å²) in [7, 11) is 1.60. The molecule has 2 aromatic rings. The lowest BCUT2D eigenvalue weighted by atomic mass is 10.1. The molecule has 1 aliphatic rings. The maximum Gasteiger partial charge on any atom is 0.229 e. The number of methoxy groups -OCH3 is 1. The standard InChI is InChI=1S/C23H29N3O3/c1-5-25(6-2)19-9-12-21(16(3)13-19)26-15-17(14-22(26)27)23(28)24-18-7-10-20(29-4)11-8-18/h7-13,17H,5-6,14-15H2,1-4H3,(H,24,28). The van der Waals surface area contributed by atoms with Crippen molar-refractivity contribution in [3.05, 3.63) is 48.0 Å². The number of hydrogen-bond donors (Lipinski definition) is 1. The number of benzene rings is 2. The van der Waals surface area contributed by atoms with E-state index in [-0.39, 0.29) is 24.2 Å². The minimum Gasteiger partial charge on any atom is -0.497 e. The maximum atomic E-state index is 12.7. The highest BCUT2D eigenvalue weighted by Crippen LogP contribution is 2.31. The van der Waals surface area contributed by atoms with Gasteiger partial charge in [0.15, 0.2) is 0 Å². The molecule has 3 rings (SSSR count). The topological polar surface area (TPSA) is 61.9 Å². The van der Waals surface area contributed by atoms with Crippen LogP contribution in [0.15, 0.2) is 42.5 Å². The number of hydrogen-bond acceptors (Lipinski definition) is 4. The third-order valence-electron chi connectivity index (χ3n) is 5.45. The van der Waals surface area contributed by atoms with E-state index in [0.717, 1.165) is 35.8 Å². The summed E-state index contributed by atoms with van der Waals surface area (Å²) in [4.78, 5) is 29.3. The Kier molecular flexibility index (Phi) is 6.42. The number of nitrogens with zero attached hydrogens (tertiary/aromatic N) is 2. The van der Waals surface area contributed by atoms with E-state index in [4.69, 9.17) is 4.74 Å². The van der Waals surface area contributed by atoms with Gasteiger partial charge in [-0.2, -0.15) is 0 Å². The van der Waals surface area contributed by atoms with Crippen molar-refractivity contribution in [2.45, 2.75) is 27.2 Å². The molecule has 0 aromatic heterocycles. The molecular formula is C23H29N3O3. The molecule has 1 heterocycles. The molecule has 0 radical (unpaired) electrons. The van der Waals surface area contributed by atoms with Crippen LogP contribution in [0.3, 0.4) is 0 Å². The van der Waals surface area contributed by atoms with Crippen LogP contribution in [0, 0.1) is 12.8 Å². The summed E-state index contributed by atoms with van der Waals surface area (Å²) >= 11 is 0. The maximum absolute atomic E-state index is 12.7. The van der Waals surface area contributed by atoms with E-state index in [0.29, 0.717) is 12.2 Å². The van der Waals surface area contributed by atoms with E-state index in [1.165, 1.54) is 0 Å². The minimum atomic E-state index is -0.369. The number of rotatable bonds is 7.